The van der Waals surface area contributed by atoms with Crippen LogP contribution in [0, 0.1) is 12.3 Å². The SMILES string of the molecule is Cc1nc(CN2C[C@@]3(CCN(C(=O)[C@H]4CCCO4)C3)CC2=O)cs1. The molecule has 4 heterocycles. The summed E-state index contributed by atoms with van der Waals surface area (Å²) in [7, 11) is 0. The van der Waals surface area contributed by atoms with Gasteiger partial charge in [-0.05, 0) is 26.2 Å². The normalized spacial score (nSPS) is 30.0. The molecule has 0 aromatic carbocycles. The Hall–Kier alpha value is -1.47. The predicted molar refractivity (Wildman–Crippen MR) is 89.5 cm³/mol. The Morgan fingerprint density at radius 3 is 3.08 bits per heavy atom. The highest BCUT2D eigenvalue weighted by molar-refractivity contribution is 7.09. The maximum Gasteiger partial charge on any atom is 0.251 e. The number of hydrogen-bond acceptors (Lipinski definition) is 5. The van der Waals surface area contributed by atoms with Crippen LogP contribution in [0.2, 0.25) is 0 Å². The average molecular weight is 349 g/mol. The molecular formula is C17H23N3O3S. The number of thiazole rings is 1. The van der Waals surface area contributed by atoms with Gasteiger partial charge in [-0.2, -0.15) is 0 Å². The van der Waals surface area contributed by atoms with Gasteiger partial charge in [-0.3, -0.25) is 9.59 Å². The summed E-state index contributed by atoms with van der Waals surface area (Å²) in [5.74, 6) is 0.303. The van der Waals surface area contributed by atoms with Gasteiger partial charge in [0.1, 0.15) is 6.10 Å². The van der Waals surface area contributed by atoms with Crippen molar-refractivity contribution in [3.8, 4) is 0 Å². The van der Waals surface area contributed by atoms with Crippen molar-refractivity contribution in [2.45, 2.75) is 45.3 Å². The number of carbonyl (C=O) groups is 2. The molecule has 6 nitrogen and oxygen atoms in total. The monoisotopic (exact) mass is 349 g/mol. The van der Waals surface area contributed by atoms with Crippen LogP contribution in [0.5, 0.6) is 0 Å². The molecule has 3 aliphatic rings. The van der Waals surface area contributed by atoms with Crippen LogP contribution >= 0.6 is 11.3 Å². The smallest absolute Gasteiger partial charge is 0.251 e. The predicted octanol–water partition coefficient (Wildman–Crippen LogP) is 1.58. The van der Waals surface area contributed by atoms with Gasteiger partial charge in [-0.1, -0.05) is 0 Å². The van der Waals surface area contributed by atoms with E-state index in [1.165, 1.54) is 0 Å². The molecule has 0 saturated carbocycles. The van der Waals surface area contributed by atoms with E-state index in [1.54, 1.807) is 11.3 Å². The summed E-state index contributed by atoms with van der Waals surface area (Å²) < 4.78 is 5.53. The molecule has 0 aliphatic carbocycles. The van der Waals surface area contributed by atoms with E-state index in [0.29, 0.717) is 26.1 Å². The number of carbonyl (C=O) groups excluding carboxylic acids is 2. The lowest BCUT2D eigenvalue weighted by atomic mass is 9.86. The van der Waals surface area contributed by atoms with Crippen LogP contribution in [0.3, 0.4) is 0 Å². The summed E-state index contributed by atoms with van der Waals surface area (Å²) >= 11 is 1.62. The number of ether oxygens (including phenoxy) is 1. The van der Waals surface area contributed by atoms with Gasteiger partial charge in [0.2, 0.25) is 5.91 Å². The fourth-order valence-electron chi connectivity index (χ4n) is 4.17. The standard InChI is InChI=1S/C17H23N3O3S/c1-12-18-13(9-24-12)8-20-11-17(7-15(20)21)4-5-19(10-17)16(22)14-3-2-6-23-14/h9,14H,2-8,10-11H2,1H3/t14-,17+/m1/s1. The van der Waals surface area contributed by atoms with E-state index in [2.05, 4.69) is 4.98 Å². The lowest BCUT2D eigenvalue weighted by Crippen LogP contribution is -2.39. The molecule has 1 aromatic heterocycles. The number of aryl methyl sites for hydroxylation is 1. The molecule has 2 amide bonds. The van der Waals surface area contributed by atoms with Crippen molar-refractivity contribution < 1.29 is 14.3 Å². The van der Waals surface area contributed by atoms with Gasteiger partial charge in [-0.25, -0.2) is 4.98 Å². The Bertz CT molecular complexity index is 655. The van der Waals surface area contributed by atoms with E-state index < -0.39 is 0 Å². The first kappa shape index (κ1) is 16.0. The summed E-state index contributed by atoms with van der Waals surface area (Å²) in [5.41, 5.74) is 0.893. The molecule has 3 aliphatic heterocycles. The second-order valence-corrected chi connectivity index (χ2v) is 8.36. The topological polar surface area (TPSA) is 62.7 Å². The minimum Gasteiger partial charge on any atom is -0.368 e. The van der Waals surface area contributed by atoms with E-state index in [0.717, 1.165) is 43.1 Å². The zero-order chi connectivity index (χ0) is 16.7. The molecule has 3 saturated heterocycles. The van der Waals surface area contributed by atoms with E-state index in [9.17, 15) is 9.59 Å². The fourth-order valence-corrected chi connectivity index (χ4v) is 4.78. The highest BCUT2D eigenvalue weighted by Crippen LogP contribution is 2.41. The van der Waals surface area contributed by atoms with Crippen LogP contribution in [-0.4, -0.2) is 58.9 Å². The summed E-state index contributed by atoms with van der Waals surface area (Å²) in [6, 6.07) is 0. The maximum absolute atomic E-state index is 12.5. The third kappa shape index (κ3) is 2.95. The van der Waals surface area contributed by atoms with Gasteiger partial charge in [-0.15, -0.1) is 11.3 Å². The van der Waals surface area contributed by atoms with E-state index >= 15 is 0 Å². The number of aromatic nitrogens is 1. The molecular weight excluding hydrogens is 326 g/mol. The van der Waals surface area contributed by atoms with Gasteiger partial charge in [0, 0.05) is 43.5 Å². The van der Waals surface area contributed by atoms with Crippen LogP contribution in [-0.2, 0) is 20.9 Å². The van der Waals surface area contributed by atoms with Crippen molar-refractivity contribution in [3.63, 3.8) is 0 Å². The number of rotatable bonds is 3. The van der Waals surface area contributed by atoms with Crippen LogP contribution < -0.4 is 0 Å². The van der Waals surface area contributed by atoms with Gasteiger partial charge in [0.25, 0.3) is 5.91 Å². The van der Waals surface area contributed by atoms with Crippen molar-refractivity contribution in [2.75, 3.05) is 26.2 Å². The highest BCUT2D eigenvalue weighted by atomic mass is 32.1. The summed E-state index contributed by atoms with van der Waals surface area (Å²) in [5, 5.41) is 3.05. The molecule has 1 aromatic rings. The number of amides is 2. The molecule has 7 heteroatoms. The van der Waals surface area contributed by atoms with E-state index in [1.807, 2.05) is 22.1 Å². The van der Waals surface area contributed by atoms with Crippen molar-refractivity contribution >= 4 is 23.2 Å². The third-order valence-electron chi connectivity index (χ3n) is 5.38. The average Bonchev–Trinajstić information content (AvgIpc) is 3.30. The van der Waals surface area contributed by atoms with Crippen molar-refractivity contribution in [1.29, 1.82) is 0 Å². The molecule has 0 unspecified atom stereocenters. The van der Waals surface area contributed by atoms with E-state index in [4.69, 9.17) is 4.74 Å². The van der Waals surface area contributed by atoms with Crippen molar-refractivity contribution in [1.82, 2.24) is 14.8 Å². The first-order valence-electron chi connectivity index (χ1n) is 8.64. The van der Waals surface area contributed by atoms with Crippen LogP contribution in [0.1, 0.15) is 36.4 Å². The minimum absolute atomic E-state index is 0.0730. The molecule has 4 rings (SSSR count). The minimum atomic E-state index is -0.258. The second-order valence-electron chi connectivity index (χ2n) is 7.30. The Balaban J connectivity index is 1.40. The number of likely N-dealkylation sites (tertiary alicyclic amines) is 2. The largest absolute Gasteiger partial charge is 0.368 e. The molecule has 2 atom stereocenters. The quantitative estimate of drug-likeness (QED) is 0.831. The highest BCUT2D eigenvalue weighted by Gasteiger charge is 2.49. The first-order chi connectivity index (χ1) is 11.5. The zero-order valence-electron chi connectivity index (χ0n) is 14.0. The number of hydrogen-bond donors (Lipinski definition) is 0. The maximum atomic E-state index is 12.5. The van der Waals surface area contributed by atoms with Gasteiger partial charge in [0.05, 0.1) is 17.2 Å². The number of nitrogens with zero attached hydrogens (tertiary/aromatic N) is 3. The Morgan fingerprint density at radius 2 is 2.38 bits per heavy atom. The molecule has 24 heavy (non-hydrogen) atoms. The summed E-state index contributed by atoms with van der Waals surface area (Å²) in [6.07, 6.45) is 2.99. The molecule has 0 radical (unpaired) electrons. The molecule has 130 valence electrons. The van der Waals surface area contributed by atoms with Crippen molar-refractivity contribution in [2.24, 2.45) is 5.41 Å². The fraction of sp³-hybridized carbons (Fsp3) is 0.706. The Labute approximate surface area is 145 Å². The van der Waals surface area contributed by atoms with Gasteiger partial charge >= 0.3 is 0 Å². The first-order valence-corrected chi connectivity index (χ1v) is 9.52. The molecule has 3 fully saturated rings. The van der Waals surface area contributed by atoms with E-state index in [-0.39, 0.29) is 23.3 Å². The second kappa shape index (κ2) is 6.11. The lowest BCUT2D eigenvalue weighted by Gasteiger charge is -2.25. The Kier molecular flexibility index (Phi) is 4.08. The molecule has 0 N–H and O–H groups in total. The Morgan fingerprint density at radius 1 is 1.50 bits per heavy atom. The van der Waals surface area contributed by atoms with Crippen LogP contribution in [0.4, 0.5) is 0 Å². The molecule has 1 spiro atoms. The van der Waals surface area contributed by atoms with Gasteiger partial charge in [0.15, 0.2) is 0 Å². The van der Waals surface area contributed by atoms with Crippen molar-refractivity contribution in [3.05, 3.63) is 16.1 Å². The molecule has 0 bridgehead atoms. The van der Waals surface area contributed by atoms with Gasteiger partial charge < -0.3 is 14.5 Å². The summed E-state index contributed by atoms with van der Waals surface area (Å²) in [6.45, 7) is 5.42. The van der Waals surface area contributed by atoms with Crippen LogP contribution in [0.25, 0.3) is 0 Å². The zero-order valence-corrected chi connectivity index (χ0v) is 14.8. The van der Waals surface area contributed by atoms with Crippen LogP contribution in [0.15, 0.2) is 5.38 Å². The lowest BCUT2D eigenvalue weighted by molar-refractivity contribution is -0.140. The summed E-state index contributed by atoms with van der Waals surface area (Å²) in [4.78, 5) is 33.3. The third-order valence-corrected chi connectivity index (χ3v) is 6.20.